The van der Waals surface area contributed by atoms with Crippen molar-refractivity contribution >= 4 is 0 Å². The van der Waals surface area contributed by atoms with Gasteiger partial charge >= 0.3 is 0 Å². The van der Waals surface area contributed by atoms with E-state index in [9.17, 15) is 0 Å². The normalized spacial score (nSPS) is 10.3. The first-order valence-electron chi connectivity index (χ1n) is 6.45. The van der Waals surface area contributed by atoms with Gasteiger partial charge in [0, 0.05) is 12.1 Å². The molecule has 0 aromatic heterocycles. The lowest BCUT2D eigenvalue weighted by Gasteiger charge is -2.11. The Hall–Kier alpha value is -2.04. The smallest absolute Gasteiger partial charge is 0.123 e. The van der Waals surface area contributed by atoms with E-state index < -0.39 is 0 Å². The minimum absolute atomic E-state index is 0.0110. The number of ether oxygens (including phenoxy) is 2. The maximum Gasteiger partial charge on any atom is 0.123 e. The van der Waals surface area contributed by atoms with Crippen LogP contribution in [0, 0.1) is 0 Å². The van der Waals surface area contributed by atoms with E-state index in [-0.39, 0.29) is 6.61 Å². The van der Waals surface area contributed by atoms with Gasteiger partial charge < -0.3 is 20.3 Å². The molecule has 106 valence electrons. The highest BCUT2D eigenvalue weighted by Gasteiger charge is 2.04. The van der Waals surface area contributed by atoms with Crippen molar-refractivity contribution < 1.29 is 14.6 Å². The van der Waals surface area contributed by atoms with Crippen LogP contribution in [0.15, 0.2) is 42.5 Å². The van der Waals surface area contributed by atoms with Crippen molar-refractivity contribution in [1.29, 1.82) is 0 Å². The SMILES string of the molecule is COc1ccc(COc2cccc(CO)c2)cc1CN. The summed E-state index contributed by atoms with van der Waals surface area (Å²) in [5, 5.41) is 9.09. The molecule has 0 saturated carbocycles. The Labute approximate surface area is 118 Å². The molecule has 4 heteroatoms. The second-order valence-electron chi connectivity index (χ2n) is 4.44. The minimum Gasteiger partial charge on any atom is -0.496 e. The summed E-state index contributed by atoms with van der Waals surface area (Å²) in [5.41, 5.74) is 8.51. The van der Waals surface area contributed by atoms with Crippen LogP contribution in [-0.4, -0.2) is 12.2 Å². The van der Waals surface area contributed by atoms with Crippen molar-refractivity contribution in [3.05, 3.63) is 59.2 Å². The third kappa shape index (κ3) is 3.50. The number of nitrogens with two attached hydrogens (primary N) is 1. The summed E-state index contributed by atoms with van der Waals surface area (Å²) in [5.74, 6) is 1.53. The van der Waals surface area contributed by atoms with Gasteiger partial charge in [0.2, 0.25) is 0 Å². The average Bonchev–Trinajstić information content (AvgIpc) is 2.52. The van der Waals surface area contributed by atoms with Crippen LogP contribution in [0.3, 0.4) is 0 Å². The van der Waals surface area contributed by atoms with Crippen LogP contribution < -0.4 is 15.2 Å². The topological polar surface area (TPSA) is 64.7 Å². The molecular formula is C16H19NO3. The highest BCUT2D eigenvalue weighted by Crippen LogP contribution is 2.21. The number of methoxy groups -OCH3 is 1. The molecule has 20 heavy (non-hydrogen) atoms. The van der Waals surface area contributed by atoms with Crippen LogP contribution in [0.25, 0.3) is 0 Å². The summed E-state index contributed by atoms with van der Waals surface area (Å²) >= 11 is 0. The van der Waals surface area contributed by atoms with Crippen molar-refractivity contribution in [2.45, 2.75) is 19.8 Å². The molecule has 0 aliphatic carbocycles. The zero-order valence-corrected chi connectivity index (χ0v) is 11.5. The van der Waals surface area contributed by atoms with E-state index >= 15 is 0 Å². The molecule has 0 bridgehead atoms. The average molecular weight is 273 g/mol. The predicted octanol–water partition coefficient (Wildman–Crippen LogP) is 2.23. The van der Waals surface area contributed by atoms with Gasteiger partial charge in [-0.15, -0.1) is 0 Å². The fourth-order valence-corrected chi connectivity index (χ4v) is 1.98. The highest BCUT2D eigenvalue weighted by molar-refractivity contribution is 5.37. The van der Waals surface area contributed by atoms with Crippen LogP contribution >= 0.6 is 0 Å². The van der Waals surface area contributed by atoms with Crippen LogP contribution in [-0.2, 0) is 19.8 Å². The molecule has 2 rings (SSSR count). The van der Waals surface area contributed by atoms with Crippen LogP contribution in [0.5, 0.6) is 11.5 Å². The molecule has 0 radical (unpaired) electrons. The molecule has 3 N–H and O–H groups in total. The lowest BCUT2D eigenvalue weighted by Crippen LogP contribution is -2.02. The summed E-state index contributed by atoms with van der Waals surface area (Å²) in [7, 11) is 1.63. The fraction of sp³-hybridized carbons (Fsp3) is 0.250. The van der Waals surface area contributed by atoms with E-state index in [4.69, 9.17) is 20.3 Å². The Balaban J connectivity index is 2.06. The quantitative estimate of drug-likeness (QED) is 0.847. The van der Waals surface area contributed by atoms with Crippen LogP contribution in [0.1, 0.15) is 16.7 Å². The van der Waals surface area contributed by atoms with Crippen LogP contribution in [0.4, 0.5) is 0 Å². The Morgan fingerprint density at radius 1 is 1.10 bits per heavy atom. The number of hydrogen-bond acceptors (Lipinski definition) is 4. The largest absolute Gasteiger partial charge is 0.496 e. The summed E-state index contributed by atoms with van der Waals surface area (Å²) in [4.78, 5) is 0. The summed E-state index contributed by atoms with van der Waals surface area (Å²) in [6, 6.07) is 13.2. The molecular weight excluding hydrogens is 254 g/mol. The molecule has 0 aliphatic rings. The van der Waals surface area contributed by atoms with Crippen molar-refractivity contribution in [3.8, 4) is 11.5 Å². The Bertz CT molecular complexity index is 569. The standard InChI is InChI=1S/C16H19NO3/c1-19-16-6-5-13(7-14(16)9-17)11-20-15-4-2-3-12(8-15)10-18/h2-8,18H,9-11,17H2,1H3. The second-order valence-corrected chi connectivity index (χ2v) is 4.44. The third-order valence-corrected chi connectivity index (χ3v) is 3.05. The first-order valence-corrected chi connectivity index (χ1v) is 6.45. The zero-order chi connectivity index (χ0) is 14.4. The van der Waals surface area contributed by atoms with E-state index in [0.29, 0.717) is 13.2 Å². The van der Waals surface area contributed by atoms with E-state index in [2.05, 4.69) is 0 Å². The van der Waals surface area contributed by atoms with Gasteiger partial charge in [-0.2, -0.15) is 0 Å². The van der Waals surface area contributed by atoms with Gasteiger partial charge in [0.25, 0.3) is 0 Å². The van der Waals surface area contributed by atoms with Gasteiger partial charge in [0.15, 0.2) is 0 Å². The van der Waals surface area contributed by atoms with E-state index in [1.165, 1.54) is 0 Å². The predicted molar refractivity (Wildman–Crippen MR) is 77.6 cm³/mol. The Morgan fingerprint density at radius 2 is 1.95 bits per heavy atom. The third-order valence-electron chi connectivity index (χ3n) is 3.05. The molecule has 0 saturated heterocycles. The molecule has 0 fully saturated rings. The molecule has 2 aromatic rings. The molecule has 0 atom stereocenters. The molecule has 0 unspecified atom stereocenters. The van der Waals surface area contributed by atoms with E-state index in [1.54, 1.807) is 7.11 Å². The monoisotopic (exact) mass is 273 g/mol. The summed E-state index contributed by atoms with van der Waals surface area (Å²) in [6.07, 6.45) is 0. The lowest BCUT2D eigenvalue weighted by molar-refractivity contribution is 0.278. The summed E-state index contributed by atoms with van der Waals surface area (Å²) in [6.45, 7) is 0.889. The molecule has 2 aromatic carbocycles. The van der Waals surface area contributed by atoms with Crippen molar-refractivity contribution in [2.24, 2.45) is 5.73 Å². The van der Waals surface area contributed by atoms with Crippen molar-refractivity contribution in [2.75, 3.05) is 7.11 Å². The van der Waals surface area contributed by atoms with Gasteiger partial charge in [-0.3, -0.25) is 0 Å². The van der Waals surface area contributed by atoms with E-state index in [0.717, 1.165) is 28.2 Å². The minimum atomic E-state index is 0.0110. The number of rotatable bonds is 6. The maximum absolute atomic E-state index is 9.09. The first kappa shape index (κ1) is 14.4. The van der Waals surface area contributed by atoms with Crippen molar-refractivity contribution in [1.82, 2.24) is 0 Å². The van der Waals surface area contributed by atoms with Gasteiger partial charge in [0.1, 0.15) is 18.1 Å². The zero-order valence-electron chi connectivity index (χ0n) is 11.5. The van der Waals surface area contributed by atoms with E-state index in [1.807, 2.05) is 42.5 Å². The number of aliphatic hydroxyl groups is 1. The first-order chi connectivity index (χ1) is 9.76. The fourth-order valence-electron chi connectivity index (χ4n) is 1.98. The number of hydrogen-bond donors (Lipinski definition) is 2. The Kier molecular flexibility index (Phi) is 4.98. The molecule has 0 spiro atoms. The Morgan fingerprint density at radius 3 is 2.65 bits per heavy atom. The molecule has 0 amide bonds. The molecule has 0 aliphatic heterocycles. The lowest BCUT2D eigenvalue weighted by atomic mass is 10.1. The molecule has 4 nitrogen and oxygen atoms in total. The van der Waals surface area contributed by atoms with Crippen LogP contribution in [0.2, 0.25) is 0 Å². The van der Waals surface area contributed by atoms with Gasteiger partial charge in [-0.25, -0.2) is 0 Å². The van der Waals surface area contributed by atoms with Crippen molar-refractivity contribution in [3.63, 3.8) is 0 Å². The van der Waals surface area contributed by atoms with Gasteiger partial charge in [-0.05, 0) is 35.4 Å². The van der Waals surface area contributed by atoms with Gasteiger partial charge in [0.05, 0.1) is 13.7 Å². The molecule has 0 heterocycles. The summed E-state index contributed by atoms with van der Waals surface area (Å²) < 4.78 is 11.0. The number of aliphatic hydroxyl groups excluding tert-OH is 1. The highest BCUT2D eigenvalue weighted by atomic mass is 16.5. The maximum atomic E-state index is 9.09. The number of benzene rings is 2. The second kappa shape index (κ2) is 6.93. The van der Waals surface area contributed by atoms with Gasteiger partial charge in [-0.1, -0.05) is 18.2 Å².